The van der Waals surface area contributed by atoms with E-state index in [0.717, 1.165) is 28.2 Å². The Hall–Kier alpha value is -2.43. The van der Waals surface area contributed by atoms with Crippen LogP contribution in [0.15, 0.2) is 36.8 Å². The van der Waals surface area contributed by atoms with Gasteiger partial charge in [-0.2, -0.15) is 0 Å². The Morgan fingerprint density at radius 1 is 1.17 bits per heavy atom. The topological polar surface area (TPSA) is 66.5 Å². The summed E-state index contributed by atoms with van der Waals surface area (Å²) in [7, 11) is 0. The molecule has 0 aliphatic carbocycles. The van der Waals surface area contributed by atoms with Crippen molar-refractivity contribution in [1.82, 2.24) is 19.9 Å². The third-order valence-electron chi connectivity index (χ3n) is 2.69. The standard InChI is InChI=1S/C13H13N5/c1-9-6-16-11(7-15-9)8-17-12-3-2-10-4-5-14-13(10)18-12/h2-7H,8H2,1H3,(H2,14,17,18). The van der Waals surface area contributed by atoms with E-state index in [1.807, 2.05) is 31.3 Å². The average molecular weight is 239 g/mol. The van der Waals surface area contributed by atoms with E-state index < -0.39 is 0 Å². The number of aromatic amines is 1. The van der Waals surface area contributed by atoms with Gasteiger partial charge in [0.25, 0.3) is 0 Å². The van der Waals surface area contributed by atoms with Crippen LogP contribution in [0.5, 0.6) is 0 Å². The summed E-state index contributed by atoms with van der Waals surface area (Å²) in [5.41, 5.74) is 2.70. The van der Waals surface area contributed by atoms with E-state index in [0.29, 0.717) is 6.54 Å². The number of nitrogens with zero attached hydrogens (tertiary/aromatic N) is 3. The Labute approximate surface area is 104 Å². The molecule has 0 radical (unpaired) electrons. The summed E-state index contributed by atoms with van der Waals surface area (Å²) in [6, 6.07) is 5.98. The molecule has 90 valence electrons. The molecule has 5 nitrogen and oxygen atoms in total. The molecule has 0 aromatic carbocycles. The molecule has 3 aromatic heterocycles. The number of H-pyrrole nitrogens is 1. The van der Waals surface area contributed by atoms with E-state index in [1.54, 1.807) is 12.4 Å². The molecule has 3 aromatic rings. The molecule has 0 aliphatic rings. The van der Waals surface area contributed by atoms with Gasteiger partial charge in [-0.25, -0.2) is 4.98 Å². The van der Waals surface area contributed by atoms with Crippen molar-refractivity contribution in [2.24, 2.45) is 0 Å². The van der Waals surface area contributed by atoms with Crippen LogP contribution in [0.4, 0.5) is 5.82 Å². The van der Waals surface area contributed by atoms with Gasteiger partial charge in [-0.05, 0) is 25.1 Å². The van der Waals surface area contributed by atoms with Crippen LogP contribution in [-0.4, -0.2) is 19.9 Å². The molecule has 0 aliphatic heterocycles. The second kappa shape index (κ2) is 4.44. The number of hydrogen-bond acceptors (Lipinski definition) is 4. The highest BCUT2D eigenvalue weighted by Gasteiger charge is 2.00. The average Bonchev–Trinajstić information content (AvgIpc) is 2.85. The molecule has 0 bridgehead atoms. The van der Waals surface area contributed by atoms with Gasteiger partial charge in [0.15, 0.2) is 0 Å². The van der Waals surface area contributed by atoms with Crippen molar-refractivity contribution < 1.29 is 0 Å². The third-order valence-corrected chi connectivity index (χ3v) is 2.69. The summed E-state index contributed by atoms with van der Waals surface area (Å²) in [4.78, 5) is 16.0. The summed E-state index contributed by atoms with van der Waals surface area (Å²) >= 11 is 0. The maximum absolute atomic E-state index is 4.45. The lowest BCUT2D eigenvalue weighted by Crippen LogP contribution is -2.03. The highest BCUT2D eigenvalue weighted by Crippen LogP contribution is 2.13. The van der Waals surface area contributed by atoms with Gasteiger partial charge in [0.2, 0.25) is 0 Å². The van der Waals surface area contributed by atoms with Gasteiger partial charge in [0, 0.05) is 17.8 Å². The molecule has 0 atom stereocenters. The Kier molecular flexibility index (Phi) is 2.64. The van der Waals surface area contributed by atoms with E-state index >= 15 is 0 Å². The van der Waals surface area contributed by atoms with Crippen molar-refractivity contribution in [3.05, 3.63) is 48.2 Å². The van der Waals surface area contributed by atoms with E-state index in [9.17, 15) is 0 Å². The molecule has 5 heteroatoms. The molecule has 3 heterocycles. The predicted molar refractivity (Wildman–Crippen MR) is 70.2 cm³/mol. The van der Waals surface area contributed by atoms with E-state index in [-0.39, 0.29) is 0 Å². The van der Waals surface area contributed by atoms with Gasteiger partial charge in [0.1, 0.15) is 11.5 Å². The summed E-state index contributed by atoms with van der Waals surface area (Å²) in [5.74, 6) is 0.826. The van der Waals surface area contributed by atoms with Crippen molar-refractivity contribution in [2.45, 2.75) is 13.5 Å². The monoisotopic (exact) mass is 239 g/mol. The number of rotatable bonds is 3. The normalized spacial score (nSPS) is 10.7. The van der Waals surface area contributed by atoms with E-state index in [2.05, 4.69) is 25.3 Å². The fraction of sp³-hybridized carbons (Fsp3) is 0.154. The number of fused-ring (bicyclic) bond motifs is 1. The van der Waals surface area contributed by atoms with Crippen molar-refractivity contribution in [1.29, 1.82) is 0 Å². The van der Waals surface area contributed by atoms with Crippen LogP contribution in [0.25, 0.3) is 11.0 Å². The summed E-state index contributed by atoms with van der Waals surface area (Å²) < 4.78 is 0. The Morgan fingerprint density at radius 3 is 2.94 bits per heavy atom. The quantitative estimate of drug-likeness (QED) is 0.735. The first kappa shape index (κ1) is 10.7. The molecule has 0 fully saturated rings. The van der Waals surface area contributed by atoms with Crippen molar-refractivity contribution in [2.75, 3.05) is 5.32 Å². The van der Waals surface area contributed by atoms with Crippen LogP contribution < -0.4 is 5.32 Å². The van der Waals surface area contributed by atoms with Crippen molar-refractivity contribution in [3.63, 3.8) is 0 Å². The number of anilines is 1. The predicted octanol–water partition coefficient (Wildman–Crippen LogP) is 2.27. The molecule has 0 spiro atoms. The maximum Gasteiger partial charge on any atom is 0.139 e. The van der Waals surface area contributed by atoms with Crippen molar-refractivity contribution in [3.8, 4) is 0 Å². The SMILES string of the molecule is Cc1cnc(CNc2ccc3cc[nH]c3n2)cn1. The number of pyridine rings is 1. The smallest absolute Gasteiger partial charge is 0.139 e. The van der Waals surface area contributed by atoms with Crippen LogP contribution in [0.2, 0.25) is 0 Å². The summed E-state index contributed by atoms with van der Waals surface area (Å²) in [6.45, 7) is 2.54. The lowest BCUT2D eigenvalue weighted by Gasteiger charge is -2.04. The minimum atomic E-state index is 0.618. The number of nitrogens with one attached hydrogen (secondary N) is 2. The van der Waals surface area contributed by atoms with Gasteiger partial charge in [-0.3, -0.25) is 9.97 Å². The molecular weight excluding hydrogens is 226 g/mol. The highest BCUT2D eigenvalue weighted by atomic mass is 15.0. The van der Waals surface area contributed by atoms with E-state index in [4.69, 9.17) is 0 Å². The largest absolute Gasteiger partial charge is 0.364 e. The van der Waals surface area contributed by atoms with Crippen molar-refractivity contribution >= 4 is 16.9 Å². The van der Waals surface area contributed by atoms with Crippen LogP contribution in [0.3, 0.4) is 0 Å². The number of aryl methyl sites for hydroxylation is 1. The second-order valence-electron chi connectivity index (χ2n) is 4.11. The zero-order valence-electron chi connectivity index (χ0n) is 10.0. The molecular formula is C13H13N5. The molecule has 18 heavy (non-hydrogen) atoms. The highest BCUT2D eigenvalue weighted by molar-refractivity contribution is 5.77. The number of aromatic nitrogens is 4. The van der Waals surface area contributed by atoms with Crippen LogP contribution >= 0.6 is 0 Å². The van der Waals surface area contributed by atoms with Crippen LogP contribution in [0, 0.1) is 6.92 Å². The summed E-state index contributed by atoms with van der Waals surface area (Å²) in [5, 5.41) is 4.34. The Bertz CT molecular complexity index is 656. The van der Waals surface area contributed by atoms with E-state index in [1.165, 1.54) is 0 Å². The van der Waals surface area contributed by atoms with Gasteiger partial charge in [0.05, 0.1) is 24.1 Å². The zero-order chi connectivity index (χ0) is 12.4. The fourth-order valence-electron chi connectivity index (χ4n) is 1.72. The first-order chi connectivity index (χ1) is 8.81. The minimum Gasteiger partial charge on any atom is -0.364 e. The lowest BCUT2D eigenvalue weighted by atomic mass is 10.3. The van der Waals surface area contributed by atoms with Gasteiger partial charge < -0.3 is 10.3 Å². The number of hydrogen-bond donors (Lipinski definition) is 2. The van der Waals surface area contributed by atoms with Gasteiger partial charge >= 0.3 is 0 Å². The van der Waals surface area contributed by atoms with Crippen LogP contribution in [-0.2, 0) is 6.54 Å². The minimum absolute atomic E-state index is 0.618. The maximum atomic E-state index is 4.45. The Morgan fingerprint density at radius 2 is 2.11 bits per heavy atom. The van der Waals surface area contributed by atoms with Gasteiger partial charge in [-0.1, -0.05) is 0 Å². The molecule has 3 rings (SSSR count). The third kappa shape index (κ3) is 2.15. The molecule has 0 saturated heterocycles. The summed E-state index contributed by atoms with van der Waals surface area (Å²) in [6.07, 6.45) is 5.42. The van der Waals surface area contributed by atoms with Gasteiger partial charge in [-0.15, -0.1) is 0 Å². The molecule has 0 amide bonds. The Balaban J connectivity index is 1.74. The molecule has 0 unspecified atom stereocenters. The second-order valence-corrected chi connectivity index (χ2v) is 4.11. The molecule has 0 saturated carbocycles. The lowest BCUT2D eigenvalue weighted by molar-refractivity contribution is 0.978. The zero-order valence-corrected chi connectivity index (χ0v) is 10.0. The fourth-order valence-corrected chi connectivity index (χ4v) is 1.72. The first-order valence-corrected chi connectivity index (χ1v) is 5.77. The van der Waals surface area contributed by atoms with Crippen LogP contribution in [0.1, 0.15) is 11.4 Å². The molecule has 2 N–H and O–H groups in total. The first-order valence-electron chi connectivity index (χ1n) is 5.77.